The molecule has 2 nitrogen and oxygen atoms in total. The number of hydrogen-bond donors (Lipinski definition) is 0. The topological polar surface area (TPSA) is 27.0 Å². The van der Waals surface area contributed by atoms with Crippen molar-refractivity contribution < 1.29 is 77.7 Å². The molecule has 0 radical (unpaired) electrons. The molecule has 0 spiro atoms. The molecule has 0 N–H and O–H groups in total. The van der Waals surface area contributed by atoms with Crippen LogP contribution >= 0.6 is 0 Å². The van der Waals surface area contributed by atoms with Crippen molar-refractivity contribution in [2.45, 2.75) is 12.4 Å². The van der Waals surface area contributed by atoms with Crippen LogP contribution < -0.4 is 56.5 Å². The van der Waals surface area contributed by atoms with E-state index < -0.39 is 23.7 Å². The van der Waals surface area contributed by atoms with E-state index >= 15 is 0 Å². The first-order valence-corrected chi connectivity index (χ1v) is 2.86. The standard InChI is InChI=1S/C5HF6N2.K/c6-4(7,8)2-1-3(13-12-2)5(9,10)11;/h1H;/q-1;+1. The molecule has 0 atom stereocenters. The summed E-state index contributed by atoms with van der Waals surface area (Å²) in [7, 11) is 0. The van der Waals surface area contributed by atoms with E-state index in [4.69, 9.17) is 0 Å². The molecular formula is C5HF6KN2. The Morgan fingerprint density at radius 1 is 1.00 bits per heavy atom. The van der Waals surface area contributed by atoms with Gasteiger partial charge in [-0.15, -0.1) is 0 Å². The van der Waals surface area contributed by atoms with Crippen LogP contribution in [0.25, 0.3) is 0 Å². The van der Waals surface area contributed by atoms with Crippen molar-refractivity contribution in [1.29, 1.82) is 0 Å². The van der Waals surface area contributed by atoms with Gasteiger partial charge in [-0.3, -0.25) is 0 Å². The largest absolute Gasteiger partial charge is 1.00 e. The van der Waals surface area contributed by atoms with Crippen LogP contribution in [0.15, 0.2) is 6.07 Å². The maximum absolute atomic E-state index is 11.7. The molecule has 0 saturated carbocycles. The van der Waals surface area contributed by atoms with Crippen molar-refractivity contribution in [3.8, 4) is 0 Å². The van der Waals surface area contributed by atoms with Crippen LogP contribution in [-0.2, 0) is 12.4 Å². The van der Waals surface area contributed by atoms with Gasteiger partial charge in [-0.2, -0.15) is 26.3 Å². The maximum atomic E-state index is 11.7. The summed E-state index contributed by atoms with van der Waals surface area (Å²) >= 11 is 0. The maximum Gasteiger partial charge on any atom is 1.00 e. The van der Waals surface area contributed by atoms with Gasteiger partial charge in [0, 0.05) is 0 Å². The Balaban J connectivity index is 0.00000169. The van der Waals surface area contributed by atoms with Crippen molar-refractivity contribution in [1.82, 2.24) is 10.2 Å². The number of alkyl halides is 6. The molecule has 0 aliphatic carbocycles. The minimum Gasteiger partial charge on any atom is -0.571 e. The summed E-state index contributed by atoms with van der Waals surface area (Å²) in [5.41, 5.74) is -3.28. The van der Waals surface area contributed by atoms with Gasteiger partial charge in [0.15, 0.2) is 0 Å². The van der Waals surface area contributed by atoms with Crippen LogP contribution in [0.5, 0.6) is 0 Å². The normalized spacial score (nSPS) is 12.4. The Bertz CT molecular complexity index is 271. The van der Waals surface area contributed by atoms with Crippen molar-refractivity contribution in [3.63, 3.8) is 0 Å². The molecule has 0 aliphatic rings. The molecule has 1 aromatic heterocycles. The van der Waals surface area contributed by atoms with Gasteiger partial charge in [0.1, 0.15) is 5.69 Å². The average molecular weight is 242 g/mol. The summed E-state index contributed by atoms with van der Waals surface area (Å²) in [6, 6.07) is -0.139. The molecule has 0 unspecified atom stereocenters. The van der Waals surface area contributed by atoms with Crippen LogP contribution in [0, 0.1) is 0 Å². The second-order valence-corrected chi connectivity index (χ2v) is 2.11. The Kier molecular flexibility index (Phi) is 4.65. The third-order valence-corrected chi connectivity index (χ3v) is 1.12. The molecule has 0 bridgehead atoms. The Labute approximate surface area is 116 Å². The number of nitrogens with zero attached hydrogens (tertiary/aromatic N) is 2. The van der Waals surface area contributed by atoms with Gasteiger partial charge < -0.3 is 10.2 Å². The number of hydrogen-bond acceptors (Lipinski definition) is 1. The molecule has 0 aliphatic heterocycles. The van der Waals surface area contributed by atoms with Crippen molar-refractivity contribution >= 4 is 0 Å². The van der Waals surface area contributed by atoms with E-state index in [1.54, 1.807) is 0 Å². The van der Waals surface area contributed by atoms with E-state index in [1.807, 2.05) is 0 Å². The van der Waals surface area contributed by atoms with Crippen LogP contribution in [0.3, 0.4) is 0 Å². The molecule has 1 aromatic rings. The fourth-order valence-corrected chi connectivity index (χ4v) is 0.572. The van der Waals surface area contributed by atoms with Crippen molar-refractivity contribution in [2.75, 3.05) is 0 Å². The van der Waals surface area contributed by atoms with Gasteiger partial charge in [-0.05, 0) is 11.8 Å². The molecule has 0 saturated heterocycles. The molecule has 9 heteroatoms. The Morgan fingerprint density at radius 3 is 1.71 bits per heavy atom. The van der Waals surface area contributed by atoms with Crippen molar-refractivity contribution in [2.24, 2.45) is 0 Å². The molecule has 14 heavy (non-hydrogen) atoms. The van der Waals surface area contributed by atoms with E-state index in [1.165, 1.54) is 0 Å². The van der Waals surface area contributed by atoms with Crippen molar-refractivity contribution in [3.05, 3.63) is 17.5 Å². The average Bonchev–Trinajstić information content (AvgIpc) is 2.28. The zero-order valence-corrected chi connectivity index (χ0v) is 9.86. The zero-order chi connectivity index (χ0) is 10.3. The van der Waals surface area contributed by atoms with Gasteiger partial charge >= 0.3 is 63.7 Å². The van der Waals surface area contributed by atoms with E-state index in [0.29, 0.717) is 0 Å². The van der Waals surface area contributed by atoms with E-state index in [-0.39, 0.29) is 57.5 Å². The van der Waals surface area contributed by atoms with Crippen LogP contribution in [0.1, 0.15) is 11.4 Å². The number of aromatic nitrogens is 2. The van der Waals surface area contributed by atoms with Gasteiger partial charge in [-0.25, -0.2) is 0 Å². The minimum atomic E-state index is -4.89. The SMILES string of the molecule is FC(F)(F)c1cc(C(F)(F)F)[n-]n1.[K+]. The molecular weight excluding hydrogens is 241 g/mol. The van der Waals surface area contributed by atoms with E-state index in [9.17, 15) is 26.3 Å². The first-order valence-electron chi connectivity index (χ1n) is 2.86. The predicted octanol–water partition coefficient (Wildman–Crippen LogP) is -0.920. The van der Waals surface area contributed by atoms with Gasteiger partial charge in [0.25, 0.3) is 0 Å². The van der Waals surface area contributed by atoms with Crippen LogP contribution in [0.4, 0.5) is 26.3 Å². The van der Waals surface area contributed by atoms with Crippen LogP contribution in [0.2, 0.25) is 0 Å². The fourth-order valence-electron chi connectivity index (χ4n) is 0.572. The molecule has 74 valence electrons. The van der Waals surface area contributed by atoms with Gasteiger partial charge in [-0.1, -0.05) is 0 Å². The summed E-state index contributed by atoms with van der Waals surface area (Å²) in [6.07, 6.45) is -9.78. The minimum absolute atomic E-state index is 0. The first-order chi connectivity index (χ1) is 5.71. The second kappa shape index (κ2) is 4.52. The van der Waals surface area contributed by atoms with E-state index in [2.05, 4.69) is 10.2 Å². The Morgan fingerprint density at radius 2 is 1.50 bits per heavy atom. The first kappa shape index (κ1) is 14.4. The monoisotopic (exact) mass is 242 g/mol. The fraction of sp³-hybridized carbons (Fsp3) is 0.400. The summed E-state index contributed by atoms with van der Waals surface area (Å²) in [5, 5.41) is 4.72. The molecule has 0 fully saturated rings. The summed E-state index contributed by atoms with van der Waals surface area (Å²) in [6.45, 7) is 0. The third-order valence-electron chi connectivity index (χ3n) is 1.12. The van der Waals surface area contributed by atoms with E-state index in [0.717, 1.165) is 0 Å². The quantitative estimate of drug-likeness (QED) is 0.434. The molecule has 0 aromatic carbocycles. The summed E-state index contributed by atoms with van der Waals surface area (Å²) in [5.74, 6) is 0. The summed E-state index contributed by atoms with van der Waals surface area (Å²) in [4.78, 5) is 0. The van der Waals surface area contributed by atoms with Gasteiger partial charge in [0.05, 0.1) is 0 Å². The van der Waals surface area contributed by atoms with Gasteiger partial charge in [0.2, 0.25) is 0 Å². The second-order valence-electron chi connectivity index (χ2n) is 2.11. The predicted molar refractivity (Wildman–Crippen MR) is 27.6 cm³/mol. The zero-order valence-electron chi connectivity index (χ0n) is 6.74. The third kappa shape index (κ3) is 3.53. The number of halogens is 6. The smallest absolute Gasteiger partial charge is 0.571 e. The molecule has 1 rings (SSSR count). The molecule has 1 heterocycles. The van der Waals surface area contributed by atoms with Crippen LogP contribution in [-0.4, -0.2) is 5.10 Å². The molecule has 0 amide bonds. The Hall–Kier alpha value is 0.426. The number of rotatable bonds is 0. The summed E-state index contributed by atoms with van der Waals surface area (Å²) < 4.78 is 70.3.